The highest BCUT2D eigenvalue weighted by atomic mass is 32.2. The molecule has 1 unspecified atom stereocenters. The molecule has 1 aromatic heterocycles. The Labute approximate surface area is 119 Å². The number of sulfonamides is 1. The van der Waals surface area contributed by atoms with Gasteiger partial charge in [0.1, 0.15) is 4.90 Å². The first-order chi connectivity index (χ1) is 9.55. The quantitative estimate of drug-likeness (QED) is 0.604. The smallest absolute Gasteiger partial charge is 0.246 e. The number of ether oxygens (including phenoxy) is 1. The van der Waals surface area contributed by atoms with Gasteiger partial charge in [-0.2, -0.15) is 0 Å². The third-order valence-corrected chi connectivity index (χ3v) is 5.22. The van der Waals surface area contributed by atoms with Crippen molar-refractivity contribution in [2.24, 2.45) is 11.8 Å². The number of nitrogens with one attached hydrogen (secondary N) is 1. The maximum Gasteiger partial charge on any atom is 0.246 e. The first-order valence-electron chi connectivity index (χ1n) is 6.51. The first-order valence-corrected chi connectivity index (χ1v) is 7.95. The minimum absolute atomic E-state index is 0.0849. The Hall–Kier alpha value is -1.22. The molecule has 1 aliphatic rings. The van der Waals surface area contributed by atoms with Gasteiger partial charge in [-0.15, -0.1) is 0 Å². The van der Waals surface area contributed by atoms with Gasteiger partial charge >= 0.3 is 0 Å². The average Bonchev–Trinajstić information content (AvgIpc) is 2.48. The van der Waals surface area contributed by atoms with E-state index >= 15 is 0 Å². The van der Waals surface area contributed by atoms with Crippen LogP contribution in [0, 0.1) is 5.92 Å². The highest BCUT2D eigenvalue weighted by molar-refractivity contribution is 7.89. The van der Waals surface area contributed by atoms with E-state index in [0.29, 0.717) is 13.2 Å². The lowest BCUT2D eigenvalue weighted by Crippen LogP contribution is -2.35. The molecule has 0 saturated carbocycles. The van der Waals surface area contributed by atoms with Gasteiger partial charge in [0.15, 0.2) is 5.82 Å². The summed E-state index contributed by atoms with van der Waals surface area (Å²) in [5.74, 6) is 5.70. The topological polar surface area (TPSA) is 97.5 Å². The van der Waals surface area contributed by atoms with E-state index in [4.69, 9.17) is 10.6 Å². The zero-order valence-electron chi connectivity index (χ0n) is 11.4. The van der Waals surface area contributed by atoms with E-state index in [0.717, 1.165) is 19.4 Å². The molecule has 0 amide bonds. The number of aromatic nitrogens is 1. The van der Waals surface area contributed by atoms with Crippen LogP contribution in [-0.2, 0) is 14.8 Å². The van der Waals surface area contributed by atoms with E-state index in [1.54, 1.807) is 13.1 Å². The molecule has 1 saturated heterocycles. The number of hydrogen-bond acceptors (Lipinski definition) is 6. The molecule has 20 heavy (non-hydrogen) atoms. The van der Waals surface area contributed by atoms with Crippen molar-refractivity contribution < 1.29 is 13.2 Å². The van der Waals surface area contributed by atoms with Crippen molar-refractivity contribution in [1.82, 2.24) is 9.29 Å². The van der Waals surface area contributed by atoms with E-state index in [2.05, 4.69) is 10.4 Å². The molecule has 7 nitrogen and oxygen atoms in total. The summed E-state index contributed by atoms with van der Waals surface area (Å²) in [5, 5.41) is 0. The number of nitrogens with zero attached hydrogens (tertiary/aromatic N) is 2. The monoisotopic (exact) mass is 300 g/mol. The molecule has 1 atom stereocenters. The summed E-state index contributed by atoms with van der Waals surface area (Å²) in [4.78, 5) is 4.01. The van der Waals surface area contributed by atoms with Gasteiger partial charge in [0.2, 0.25) is 10.0 Å². The highest BCUT2D eigenvalue weighted by Crippen LogP contribution is 2.23. The molecule has 8 heteroatoms. The van der Waals surface area contributed by atoms with Crippen molar-refractivity contribution in [2.45, 2.75) is 17.7 Å². The number of nitrogen functional groups attached to an aromatic ring is 1. The van der Waals surface area contributed by atoms with Crippen molar-refractivity contribution >= 4 is 15.8 Å². The fourth-order valence-electron chi connectivity index (χ4n) is 2.29. The molecule has 0 bridgehead atoms. The molecule has 0 aliphatic carbocycles. The molecule has 1 aliphatic heterocycles. The predicted octanol–water partition coefficient (Wildman–Crippen LogP) is 0.414. The van der Waals surface area contributed by atoms with Gasteiger partial charge in [0, 0.05) is 26.4 Å². The molecule has 1 fully saturated rings. The van der Waals surface area contributed by atoms with Crippen LogP contribution < -0.4 is 11.3 Å². The van der Waals surface area contributed by atoms with E-state index in [1.165, 1.54) is 16.6 Å². The minimum atomic E-state index is -3.61. The van der Waals surface area contributed by atoms with Gasteiger partial charge < -0.3 is 10.2 Å². The van der Waals surface area contributed by atoms with E-state index in [1.807, 2.05) is 0 Å². The average molecular weight is 300 g/mol. The largest absolute Gasteiger partial charge is 0.381 e. The number of anilines is 1. The van der Waals surface area contributed by atoms with Gasteiger partial charge in [-0.05, 0) is 30.9 Å². The first kappa shape index (κ1) is 15.2. The van der Waals surface area contributed by atoms with Gasteiger partial charge in [0.25, 0.3) is 0 Å². The summed E-state index contributed by atoms with van der Waals surface area (Å²) in [6.45, 7) is 1.80. The van der Waals surface area contributed by atoms with Gasteiger partial charge in [-0.25, -0.2) is 23.5 Å². The van der Waals surface area contributed by atoms with Crippen LogP contribution in [-0.4, -0.2) is 44.5 Å². The van der Waals surface area contributed by atoms with E-state index in [9.17, 15) is 8.42 Å². The third kappa shape index (κ3) is 3.26. The van der Waals surface area contributed by atoms with Gasteiger partial charge in [-0.1, -0.05) is 0 Å². The van der Waals surface area contributed by atoms with Crippen LogP contribution in [0.1, 0.15) is 12.8 Å². The fourth-order valence-corrected chi connectivity index (χ4v) is 3.64. The van der Waals surface area contributed by atoms with E-state index in [-0.39, 0.29) is 16.6 Å². The van der Waals surface area contributed by atoms with Crippen LogP contribution >= 0.6 is 0 Å². The Bertz CT molecular complexity index is 543. The molecule has 2 heterocycles. The van der Waals surface area contributed by atoms with Crippen molar-refractivity contribution in [2.75, 3.05) is 32.2 Å². The van der Waals surface area contributed by atoms with Crippen LogP contribution in [0.15, 0.2) is 23.2 Å². The Morgan fingerprint density at radius 2 is 2.40 bits per heavy atom. The van der Waals surface area contributed by atoms with Crippen LogP contribution in [0.4, 0.5) is 5.82 Å². The summed E-state index contributed by atoms with van der Waals surface area (Å²) < 4.78 is 31.8. The minimum Gasteiger partial charge on any atom is -0.381 e. The van der Waals surface area contributed by atoms with Crippen molar-refractivity contribution in [3.8, 4) is 0 Å². The molecule has 1 aromatic rings. The Morgan fingerprint density at radius 1 is 1.60 bits per heavy atom. The summed E-state index contributed by atoms with van der Waals surface area (Å²) in [6.07, 6.45) is 3.44. The maximum absolute atomic E-state index is 12.5. The lowest BCUT2D eigenvalue weighted by atomic mass is 10.0. The predicted molar refractivity (Wildman–Crippen MR) is 75.4 cm³/mol. The summed E-state index contributed by atoms with van der Waals surface area (Å²) >= 11 is 0. The summed E-state index contributed by atoms with van der Waals surface area (Å²) in [7, 11) is -2.04. The molecule has 0 aromatic carbocycles. The fraction of sp³-hybridized carbons (Fsp3) is 0.583. The SMILES string of the molecule is CN(CC1CCCOC1)S(=O)(=O)c1cccnc1NN. The van der Waals surface area contributed by atoms with Crippen LogP contribution in [0.5, 0.6) is 0 Å². The normalized spacial score (nSPS) is 20.1. The van der Waals surface area contributed by atoms with Crippen molar-refractivity contribution in [3.05, 3.63) is 18.3 Å². The number of hydrazine groups is 1. The number of pyridine rings is 1. The third-order valence-electron chi connectivity index (χ3n) is 3.37. The zero-order chi connectivity index (χ0) is 14.6. The summed E-state index contributed by atoms with van der Waals surface area (Å²) in [6, 6.07) is 3.07. The Balaban J connectivity index is 2.16. The molecule has 112 valence electrons. The Kier molecular flexibility index (Phi) is 4.92. The molecule has 0 radical (unpaired) electrons. The number of rotatable bonds is 5. The second-order valence-corrected chi connectivity index (χ2v) is 6.88. The summed E-state index contributed by atoms with van der Waals surface area (Å²) in [5.41, 5.74) is 2.32. The molecule has 0 spiro atoms. The molecule has 2 rings (SSSR count). The molecular weight excluding hydrogens is 280 g/mol. The van der Waals surface area contributed by atoms with Crippen molar-refractivity contribution in [1.29, 1.82) is 0 Å². The van der Waals surface area contributed by atoms with Crippen LogP contribution in [0.25, 0.3) is 0 Å². The van der Waals surface area contributed by atoms with Crippen LogP contribution in [0.3, 0.4) is 0 Å². The lowest BCUT2D eigenvalue weighted by molar-refractivity contribution is 0.0495. The molecule has 3 N–H and O–H groups in total. The second-order valence-electron chi connectivity index (χ2n) is 4.86. The van der Waals surface area contributed by atoms with Gasteiger partial charge in [0.05, 0.1) is 6.61 Å². The number of hydrogen-bond donors (Lipinski definition) is 2. The highest BCUT2D eigenvalue weighted by Gasteiger charge is 2.27. The Morgan fingerprint density at radius 3 is 3.05 bits per heavy atom. The van der Waals surface area contributed by atoms with Crippen molar-refractivity contribution in [3.63, 3.8) is 0 Å². The van der Waals surface area contributed by atoms with Gasteiger partial charge in [-0.3, -0.25) is 0 Å². The van der Waals surface area contributed by atoms with E-state index < -0.39 is 10.0 Å². The standard InChI is InChI=1S/C12H20N4O3S/c1-16(8-10-4-3-7-19-9-10)20(17,18)11-5-2-6-14-12(11)15-13/h2,5-6,10H,3-4,7-9,13H2,1H3,(H,14,15). The molecular formula is C12H20N4O3S. The lowest BCUT2D eigenvalue weighted by Gasteiger charge is -2.27. The zero-order valence-corrected chi connectivity index (χ0v) is 12.3. The number of nitrogens with two attached hydrogens (primary N) is 1. The maximum atomic E-state index is 12.5. The second kappa shape index (κ2) is 6.49. The van der Waals surface area contributed by atoms with Crippen LogP contribution in [0.2, 0.25) is 0 Å².